The van der Waals surface area contributed by atoms with E-state index in [1.807, 2.05) is 0 Å². The van der Waals surface area contributed by atoms with E-state index in [0.29, 0.717) is 17.3 Å². The Morgan fingerprint density at radius 1 is 1.16 bits per heavy atom. The van der Waals surface area contributed by atoms with Gasteiger partial charge in [-0.15, -0.1) is 0 Å². The first-order chi connectivity index (χ1) is 15.0. The van der Waals surface area contributed by atoms with Gasteiger partial charge in [0, 0.05) is 25.2 Å². The molecule has 3 heterocycles. The molecule has 0 saturated carbocycles. The van der Waals surface area contributed by atoms with Crippen LogP contribution in [0.25, 0.3) is 0 Å². The van der Waals surface area contributed by atoms with Gasteiger partial charge in [-0.05, 0) is 42.5 Å². The van der Waals surface area contributed by atoms with Gasteiger partial charge in [-0.25, -0.2) is 19.0 Å². The molecule has 0 unspecified atom stereocenters. The third-order valence-corrected chi connectivity index (χ3v) is 5.32. The van der Waals surface area contributed by atoms with E-state index in [-0.39, 0.29) is 17.8 Å². The van der Waals surface area contributed by atoms with E-state index in [1.165, 1.54) is 30.6 Å². The fourth-order valence-electron chi connectivity index (χ4n) is 3.50. The van der Waals surface area contributed by atoms with Crippen LogP contribution >= 0.6 is 0 Å². The topological polar surface area (TPSA) is 93.0 Å². The SMILES string of the molecule is CC1CCN(c2cc(NC(=O)c3ccc(=O)n(Cc4cccc(F)c4)n3)ncn2)CC1. The van der Waals surface area contributed by atoms with E-state index in [9.17, 15) is 14.0 Å². The van der Waals surface area contributed by atoms with Crippen molar-refractivity contribution in [2.75, 3.05) is 23.3 Å². The molecule has 0 radical (unpaired) electrons. The van der Waals surface area contributed by atoms with Crippen molar-refractivity contribution >= 4 is 17.5 Å². The minimum absolute atomic E-state index is 0.0583. The fourth-order valence-corrected chi connectivity index (χ4v) is 3.50. The Bertz CT molecular complexity index is 1140. The number of amides is 1. The van der Waals surface area contributed by atoms with Crippen LogP contribution in [-0.2, 0) is 6.54 Å². The molecule has 1 aliphatic rings. The second-order valence-corrected chi connectivity index (χ2v) is 7.73. The van der Waals surface area contributed by atoms with Crippen molar-refractivity contribution in [1.82, 2.24) is 19.7 Å². The highest BCUT2D eigenvalue weighted by Crippen LogP contribution is 2.22. The Hall–Kier alpha value is -3.62. The predicted molar refractivity (Wildman–Crippen MR) is 115 cm³/mol. The molecule has 1 saturated heterocycles. The summed E-state index contributed by atoms with van der Waals surface area (Å²) in [5.74, 6) is 0.929. The molecule has 160 valence electrons. The monoisotopic (exact) mass is 422 g/mol. The number of nitrogens with one attached hydrogen (secondary N) is 1. The standard InChI is InChI=1S/C22H23FN6O2/c1-15-7-9-28(10-8-15)20-12-19(24-14-25-20)26-22(31)18-5-6-21(30)29(27-18)13-16-3-2-4-17(23)11-16/h2-6,11-12,14-15H,7-10,13H2,1H3,(H,24,25,26,31). The van der Waals surface area contributed by atoms with E-state index in [2.05, 4.69) is 32.2 Å². The molecule has 0 atom stereocenters. The molecule has 0 spiro atoms. The van der Waals surface area contributed by atoms with E-state index in [1.54, 1.807) is 18.2 Å². The number of rotatable bonds is 5. The van der Waals surface area contributed by atoms with Crippen molar-refractivity contribution in [1.29, 1.82) is 0 Å². The summed E-state index contributed by atoms with van der Waals surface area (Å²) in [6, 6.07) is 10.2. The maximum absolute atomic E-state index is 13.4. The summed E-state index contributed by atoms with van der Waals surface area (Å²) >= 11 is 0. The minimum Gasteiger partial charge on any atom is -0.356 e. The summed E-state index contributed by atoms with van der Waals surface area (Å²) in [6.07, 6.45) is 3.62. The number of nitrogens with zero attached hydrogens (tertiary/aromatic N) is 5. The Morgan fingerprint density at radius 2 is 1.97 bits per heavy atom. The summed E-state index contributed by atoms with van der Waals surface area (Å²) in [4.78, 5) is 35.4. The Labute approximate surface area is 178 Å². The van der Waals surface area contributed by atoms with Gasteiger partial charge in [0.2, 0.25) is 0 Å². The third kappa shape index (κ3) is 5.11. The first-order valence-electron chi connectivity index (χ1n) is 10.2. The maximum Gasteiger partial charge on any atom is 0.277 e. The second kappa shape index (κ2) is 9.03. The molecule has 1 amide bonds. The average Bonchev–Trinajstić information content (AvgIpc) is 2.76. The van der Waals surface area contributed by atoms with Crippen molar-refractivity contribution in [2.45, 2.75) is 26.3 Å². The molecule has 0 bridgehead atoms. The van der Waals surface area contributed by atoms with Crippen molar-refractivity contribution in [3.8, 4) is 0 Å². The van der Waals surface area contributed by atoms with Gasteiger partial charge in [0.25, 0.3) is 11.5 Å². The zero-order valence-corrected chi connectivity index (χ0v) is 17.2. The summed E-state index contributed by atoms with van der Waals surface area (Å²) in [5.41, 5.74) is 0.246. The molecule has 31 heavy (non-hydrogen) atoms. The molecular weight excluding hydrogens is 399 g/mol. The van der Waals surface area contributed by atoms with E-state index in [0.717, 1.165) is 36.4 Å². The highest BCUT2D eigenvalue weighted by atomic mass is 19.1. The van der Waals surface area contributed by atoms with Crippen LogP contribution < -0.4 is 15.8 Å². The molecule has 8 nitrogen and oxygen atoms in total. The number of hydrogen-bond donors (Lipinski definition) is 1. The normalized spacial score (nSPS) is 14.5. The van der Waals surface area contributed by atoms with Crippen molar-refractivity contribution in [3.63, 3.8) is 0 Å². The lowest BCUT2D eigenvalue weighted by Gasteiger charge is -2.31. The highest BCUT2D eigenvalue weighted by molar-refractivity contribution is 6.02. The van der Waals surface area contributed by atoms with Gasteiger partial charge in [-0.2, -0.15) is 5.10 Å². The zero-order valence-electron chi connectivity index (χ0n) is 17.2. The number of carbonyl (C=O) groups is 1. The van der Waals surface area contributed by atoms with Crippen molar-refractivity contribution in [2.24, 2.45) is 5.92 Å². The number of anilines is 2. The fraction of sp³-hybridized carbons (Fsp3) is 0.318. The summed E-state index contributed by atoms with van der Waals surface area (Å²) in [6.45, 7) is 4.13. The Kier molecular flexibility index (Phi) is 6.01. The average molecular weight is 422 g/mol. The summed E-state index contributed by atoms with van der Waals surface area (Å²) in [7, 11) is 0. The van der Waals surface area contributed by atoms with Crippen molar-refractivity contribution < 1.29 is 9.18 Å². The molecule has 2 aromatic heterocycles. The van der Waals surface area contributed by atoms with Gasteiger partial charge < -0.3 is 10.2 Å². The van der Waals surface area contributed by atoms with Crippen molar-refractivity contribution in [3.05, 3.63) is 76.2 Å². The number of aromatic nitrogens is 4. The van der Waals surface area contributed by atoms with Crippen LogP contribution in [0.2, 0.25) is 0 Å². The van der Waals surface area contributed by atoms with Crippen LogP contribution in [0.3, 0.4) is 0 Å². The lowest BCUT2D eigenvalue weighted by atomic mass is 9.99. The van der Waals surface area contributed by atoms with Crippen LogP contribution in [0.15, 0.2) is 53.6 Å². The molecule has 1 aromatic carbocycles. The minimum atomic E-state index is -0.495. The first-order valence-corrected chi connectivity index (χ1v) is 10.2. The van der Waals surface area contributed by atoms with Gasteiger partial charge in [0.1, 0.15) is 29.5 Å². The van der Waals surface area contributed by atoms with E-state index in [4.69, 9.17) is 0 Å². The molecule has 0 aliphatic carbocycles. The number of carbonyl (C=O) groups excluding carboxylic acids is 1. The lowest BCUT2D eigenvalue weighted by molar-refractivity contribution is 0.101. The molecule has 1 fully saturated rings. The number of piperidine rings is 1. The number of hydrogen-bond acceptors (Lipinski definition) is 6. The quantitative estimate of drug-likeness (QED) is 0.680. The van der Waals surface area contributed by atoms with Gasteiger partial charge in [0.05, 0.1) is 6.54 Å². The second-order valence-electron chi connectivity index (χ2n) is 7.73. The highest BCUT2D eigenvalue weighted by Gasteiger charge is 2.18. The number of halogens is 1. The molecule has 9 heteroatoms. The van der Waals surface area contributed by atoms with Gasteiger partial charge >= 0.3 is 0 Å². The van der Waals surface area contributed by atoms with Crippen LogP contribution in [0.5, 0.6) is 0 Å². The molecule has 3 aromatic rings. The van der Waals surface area contributed by atoms with Crippen LogP contribution in [0.4, 0.5) is 16.0 Å². The molecule has 4 rings (SSSR count). The van der Waals surface area contributed by atoms with E-state index >= 15 is 0 Å². The number of benzene rings is 1. The largest absolute Gasteiger partial charge is 0.356 e. The smallest absolute Gasteiger partial charge is 0.277 e. The third-order valence-electron chi connectivity index (χ3n) is 5.32. The molecule has 1 aliphatic heterocycles. The van der Waals surface area contributed by atoms with Gasteiger partial charge in [-0.1, -0.05) is 19.1 Å². The Morgan fingerprint density at radius 3 is 2.74 bits per heavy atom. The first kappa shape index (κ1) is 20.6. The van der Waals surface area contributed by atoms with Gasteiger partial charge in [-0.3, -0.25) is 9.59 Å². The zero-order chi connectivity index (χ0) is 21.8. The Balaban J connectivity index is 1.49. The van der Waals surface area contributed by atoms with Crippen LogP contribution in [0, 0.1) is 11.7 Å². The molecular formula is C22H23FN6O2. The van der Waals surface area contributed by atoms with Crippen LogP contribution in [0.1, 0.15) is 35.8 Å². The summed E-state index contributed by atoms with van der Waals surface area (Å²) < 4.78 is 14.5. The predicted octanol–water partition coefficient (Wildman–Crippen LogP) is 2.71. The maximum atomic E-state index is 13.4. The molecule has 1 N–H and O–H groups in total. The van der Waals surface area contributed by atoms with Gasteiger partial charge in [0.15, 0.2) is 0 Å². The lowest BCUT2D eigenvalue weighted by Crippen LogP contribution is -2.33. The van der Waals surface area contributed by atoms with E-state index < -0.39 is 11.7 Å². The van der Waals surface area contributed by atoms with Crippen LogP contribution in [-0.4, -0.2) is 38.7 Å². The summed E-state index contributed by atoms with van der Waals surface area (Å²) in [5, 5.41) is 6.84.